The summed E-state index contributed by atoms with van der Waals surface area (Å²) in [5, 5.41) is 0.621. The van der Waals surface area contributed by atoms with E-state index in [1.165, 1.54) is 4.57 Å². The second-order valence-corrected chi connectivity index (χ2v) is 8.27. The number of aryl methyl sites for hydroxylation is 2. The maximum atomic E-state index is 13.5. The van der Waals surface area contributed by atoms with Crippen LogP contribution in [-0.4, -0.2) is 33.7 Å². The Morgan fingerprint density at radius 3 is 2.68 bits per heavy atom. The molecule has 2 aliphatic rings. The number of rotatable bonds is 3. The molecule has 1 aromatic carbocycles. The van der Waals surface area contributed by atoms with E-state index in [4.69, 9.17) is 16.3 Å². The summed E-state index contributed by atoms with van der Waals surface area (Å²) in [7, 11) is 1.68. The molecule has 5 rings (SSSR count). The zero-order valence-electron chi connectivity index (χ0n) is 17.2. The summed E-state index contributed by atoms with van der Waals surface area (Å²) in [6.45, 7) is 2.92. The number of aromatic amines is 1. The normalized spacial score (nSPS) is 18.3. The first-order chi connectivity index (χ1) is 14.9. The van der Waals surface area contributed by atoms with Crippen LogP contribution in [-0.2, 0) is 11.8 Å². The Morgan fingerprint density at radius 2 is 2.00 bits per heavy atom. The third-order valence-corrected chi connectivity index (χ3v) is 6.02. The summed E-state index contributed by atoms with van der Waals surface area (Å²) in [5.74, 6) is 0.500. The molecule has 1 amide bonds. The summed E-state index contributed by atoms with van der Waals surface area (Å²) in [6, 6.07) is 8.77. The van der Waals surface area contributed by atoms with Gasteiger partial charge >= 0.3 is 0 Å². The SMILES string of the molecule is Cc1cc(N2C(=O)c3nc(C4=CCOCC4)[nH]c3[C@@H]2c2ccc(Cl)cc2)cn(C)c1=O. The first-order valence-electron chi connectivity index (χ1n) is 10.1. The Morgan fingerprint density at radius 1 is 1.23 bits per heavy atom. The van der Waals surface area contributed by atoms with Gasteiger partial charge in [-0.2, -0.15) is 0 Å². The Bertz CT molecular complexity index is 1250. The van der Waals surface area contributed by atoms with Gasteiger partial charge < -0.3 is 14.3 Å². The lowest BCUT2D eigenvalue weighted by molar-refractivity contribution is 0.0989. The number of anilines is 1. The van der Waals surface area contributed by atoms with Crippen molar-refractivity contribution < 1.29 is 9.53 Å². The molecule has 2 aromatic heterocycles. The maximum Gasteiger partial charge on any atom is 0.279 e. The molecule has 7 nitrogen and oxygen atoms in total. The summed E-state index contributed by atoms with van der Waals surface area (Å²) in [5.41, 5.74) is 4.20. The van der Waals surface area contributed by atoms with E-state index in [9.17, 15) is 9.59 Å². The van der Waals surface area contributed by atoms with Crippen LogP contribution in [0.4, 0.5) is 5.69 Å². The average Bonchev–Trinajstić information content (AvgIpc) is 3.31. The van der Waals surface area contributed by atoms with E-state index in [-0.39, 0.29) is 11.5 Å². The average molecular weight is 437 g/mol. The number of benzene rings is 1. The van der Waals surface area contributed by atoms with Gasteiger partial charge in [-0.1, -0.05) is 29.8 Å². The van der Waals surface area contributed by atoms with Crippen LogP contribution in [0, 0.1) is 6.92 Å². The monoisotopic (exact) mass is 436 g/mol. The molecule has 1 N–H and O–H groups in total. The molecule has 0 bridgehead atoms. The van der Waals surface area contributed by atoms with E-state index in [0.717, 1.165) is 23.3 Å². The maximum absolute atomic E-state index is 13.5. The molecule has 2 aliphatic heterocycles. The molecule has 8 heteroatoms. The molecule has 4 heterocycles. The lowest BCUT2D eigenvalue weighted by Crippen LogP contribution is -2.31. The molecule has 3 aromatic rings. The zero-order valence-corrected chi connectivity index (χ0v) is 17.9. The molecule has 0 unspecified atom stereocenters. The summed E-state index contributed by atoms with van der Waals surface area (Å²) < 4.78 is 6.89. The molecular weight excluding hydrogens is 416 g/mol. The second kappa shape index (κ2) is 7.51. The lowest BCUT2D eigenvalue weighted by Gasteiger charge is -2.26. The minimum Gasteiger partial charge on any atom is -0.377 e. The third-order valence-electron chi connectivity index (χ3n) is 5.76. The number of carbonyl (C=O) groups is 1. The van der Waals surface area contributed by atoms with Crippen molar-refractivity contribution in [3.63, 3.8) is 0 Å². The highest BCUT2D eigenvalue weighted by molar-refractivity contribution is 6.30. The van der Waals surface area contributed by atoms with Crippen molar-refractivity contribution in [3.05, 3.63) is 86.3 Å². The van der Waals surface area contributed by atoms with Crippen LogP contribution in [0.25, 0.3) is 5.57 Å². The number of hydrogen-bond acceptors (Lipinski definition) is 4. The fourth-order valence-corrected chi connectivity index (χ4v) is 4.34. The van der Waals surface area contributed by atoms with Gasteiger partial charge in [0.1, 0.15) is 11.9 Å². The van der Waals surface area contributed by atoms with Gasteiger partial charge in [-0.15, -0.1) is 0 Å². The smallest absolute Gasteiger partial charge is 0.279 e. The van der Waals surface area contributed by atoms with Crippen molar-refractivity contribution in [1.29, 1.82) is 0 Å². The van der Waals surface area contributed by atoms with Crippen LogP contribution in [0.2, 0.25) is 5.02 Å². The molecule has 0 spiro atoms. The summed E-state index contributed by atoms with van der Waals surface area (Å²) in [6.07, 6.45) is 4.42. The molecule has 0 aliphatic carbocycles. The molecular formula is C23H21ClN4O3. The van der Waals surface area contributed by atoms with Gasteiger partial charge in [-0.25, -0.2) is 4.98 Å². The number of fused-ring (bicyclic) bond motifs is 1. The number of carbonyl (C=O) groups excluding carboxylic acids is 1. The lowest BCUT2D eigenvalue weighted by atomic mass is 10.0. The number of ether oxygens (including phenoxy) is 1. The number of pyridine rings is 1. The molecule has 31 heavy (non-hydrogen) atoms. The predicted octanol–water partition coefficient (Wildman–Crippen LogP) is 3.62. The minimum absolute atomic E-state index is 0.0937. The van der Waals surface area contributed by atoms with E-state index in [2.05, 4.69) is 9.97 Å². The van der Waals surface area contributed by atoms with Crippen LogP contribution >= 0.6 is 11.6 Å². The first-order valence-corrected chi connectivity index (χ1v) is 10.4. The van der Waals surface area contributed by atoms with Crippen molar-refractivity contribution in [2.45, 2.75) is 19.4 Å². The number of nitrogens with zero attached hydrogens (tertiary/aromatic N) is 3. The van der Waals surface area contributed by atoms with Gasteiger partial charge in [0.15, 0.2) is 5.69 Å². The van der Waals surface area contributed by atoms with Crippen LogP contribution in [0.15, 0.2) is 47.4 Å². The number of imidazole rings is 1. The van der Waals surface area contributed by atoms with Gasteiger partial charge in [0, 0.05) is 23.8 Å². The Hall–Kier alpha value is -3.16. The fourth-order valence-electron chi connectivity index (χ4n) is 4.22. The third kappa shape index (κ3) is 3.30. The van der Waals surface area contributed by atoms with Crippen LogP contribution in [0.3, 0.4) is 0 Å². The second-order valence-electron chi connectivity index (χ2n) is 7.83. The number of halogens is 1. The van der Waals surface area contributed by atoms with Crippen LogP contribution in [0.5, 0.6) is 0 Å². The molecule has 0 fully saturated rings. The number of aromatic nitrogens is 3. The summed E-state index contributed by atoms with van der Waals surface area (Å²) >= 11 is 6.11. The van der Waals surface area contributed by atoms with Crippen molar-refractivity contribution in [2.75, 3.05) is 18.1 Å². The van der Waals surface area contributed by atoms with Crippen molar-refractivity contribution in [3.8, 4) is 0 Å². The topological polar surface area (TPSA) is 80.2 Å². The van der Waals surface area contributed by atoms with Crippen LogP contribution in [0.1, 0.15) is 45.6 Å². The summed E-state index contributed by atoms with van der Waals surface area (Å²) in [4.78, 5) is 35.5. The van der Waals surface area contributed by atoms with E-state index in [1.54, 1.807) is 31.1 Å². The standard InChI is InChI=1S/C23H21ClN4O3/c1-13-11-17(12-27(2)22(13)29)28-20(14-3-5-16(24)6-4-14)18-19(23(28)30)26-21(25-18)15-7-9-31-10-8-15/h3-7,11-12,20H,8-10H2,1-2H3,(H,25,26)/t20-/m0/s1. The largest absolute Gasteiger partial charge is 0.377 e. The first kappa shape index (κ1) is 19.8. The molecule has 1 atom stereocenters. The number of H-pyrrole nitrogens is 1. The van der Waals surface area contributed by atoms with E-state index in [1.807, 2.05) is 30.3 Å². The highest BCUT2D eigenvalue weighted by atomic mass is 35.5. The van der Waals surface area contributed by atoms with Gasteiger partial charge in [0.2, 0.25) is 0 Å². The van der Waals surface area contributed by atoms with Gasteiger partial charge in [0.25, 0.3) is 11.5 Å². The number of nitrogens with one attached hydrogen (secondary N) is 1. The quantitative estimate of drug-likeness (QED) is 0.680. The predicted molar refractivity (Wildman–Crippen MR) is 119 cm³/mol. The van der Waals surface area contributed by atoms with Gasteiger partial charge in [-0.3, -0.25) is 14.5 Å². The van der Waals surface area contributed by atoms with Crippen molar-refractivity contribution >= 4 is 28.8 Å². The minimum atomic E-state index is -0.404. The zero-order chi connectivity index (χ0) is 21.7. The van der Waals surface area contributed by atoms with E-state index < -0.39 is 6.04 Å². The Balaban J connectivity index is 1.66. The number of amides is 1. The molecule has 0 saturated heterocycles. The van der Waals surface area contributed by atoms with Gasteiger partial charge in [-0.05, 0) is 42.7 Å². The van der Waals surface area contributed by atoms with E-state index in [0.29, 0.717) is 41.0 Å². The van der Waals surface area contributed by atoms with Crippen molar-refractivity contribution in [1.82, 2.24) is 14.5 Å². The molecule has 158 valence electrons. The van der Waals surface area contributed by atoms with Crippen molar-refractivity contribution in [2.24, 2.45) is 7.05 Å². The number of hydrogen-bond donors (Lipinski definition) is 1. The molecule has 0 radical (unpaired) electrons. The molecule has 0 saturated carbocycles. The Kier molecular flexibility index (Phi) is 4.79. The highest BCUT2D eigenvalue weighted by Gasteiger charge is 2.42. The van der Waals surface area contributed by atoms with Gasteiger partial charge in [0.05, 0.1) is 24.6 Å². The van der Waals surface area contributed by atoms with Crippen LogP contribution < -0.4 is 10.5 Å². The Labute approximate surface area is 183 Å². The van der Waals surface area contributed by atoms with E-state index >= 15 is 0 Å². The highest BCUT2D eigenvalue weighted by Crippen LogP contribution is 2.41. The fraction of sp³-hybridized carbons (Fsp3) is 0.261.